The van der Waals surface area contributed by atoms with E-state index in [-0.39, 0.29) is 36.4 Å². The second-order valence-electron chi connectivity index (χ2n) is 6.08. The Balaban J connectivity index is 0.00000169. The van der Waals surface area contributed by atoms with Gasteiger partial charge in [-0.2, -0.15) is 4.57 Å². The van der Waals surface area contributed by atoms with Crippen LogP contribution in [0.1, 0.15) is 11.1 Å². The van der Waals surface area contributed by atoms with Gasteiger partial charge in [0.25, 0.3) is 5.91 Å². The molecule has 0 aliphatic rings. The van der Waals surface area contributed by atoms with Crippen molar-refractivity contribution in [3.8, 4) is 0 Å². The molecule has 2 aromatic heterocycles. The van der Waals surface area contributed by atoms with Gasteiger partial charge >= 0.3 is 0 Å². The average Bonchev–Trinajstić information content (AvgIpc) is 2.92. The fourth-order valence-electron chi connectivity index (χ4n) is 3.52. The Morgan fingerprint density at radius 3 is 2.58 bits per heavy atom. The number of aryl methyl sites for hydroxylation is 2. The van der Waals surface area contributed by atoms with Crippen molar-refractivity contribution in [3.63, 3.8) is 0 Å². The zero-order valence-electron chi connectivity index (χ0n) is 13.6. The minimum absolute atomic E-state index is 0. The third kappa shape index (κ3) is 2.43. The number of nitrogens with two attached hydrogens (primary N) is 1. The number of carbonyl (C=O) groups is 1. The van der Waals surface area contributed by atoms with Crippen molar-refractivity contribution < 1.29 is 33.3 Å². The molecule has 0 saturated heterocycles. The summed E-state index contributed by atoms with van der Waals surface area (Å²) in [6, 6.07) is 10.4. The van der Waals surface area contributed by atoms with Gasteiger partial charge < -0.3 is 34.7 Å². The smallest absolute Gasteiger partial charge is 0.283 e. The molecule has 0 fully saturated rings. The van der Waals surface area contributed by atoms with Crippen LogP contribution in [0.25, 0.3) is 32.6 Å². The normalized spacial score (nSPS) is 11.1. The van der Waals surface area contributed by atoms with Crippen LogP contribution >= 0.6 is 0 Å². The number of benzene rings is 2. The van der Waals surface area contributed by atoms with E-state index >= 15 is 0 Å². The number of carbonyl (C=O) groups excluding carboxylic acids is 1. The number of hydrogen-bond donors (Lipinski definition) is 2. The van der Waals surface area contributed by atoms with Crippen molar-refractivity contribution in [2.45, 2.75) is 20.4 Å². The number of fused-ring (bicyclic) bond motifs is 4. The Morgan fingerprint density at radius 2 is 1.83 bits per heavy atom. The van der Waals surface area contributed by atoms with E-state index < -0.39 is 0 Å². The lowest BCUT2D eigenvalue weighted by molar-refractivity contribution is -0.682. The standard InChI is InChI=1S/C19H17N3O.HI/c1-11-15-9-22(10-17(20)23)8-7-13(15)12(2)19-18(11)14-5-3-4-6-16(14)21-19;/h3-9H,10H2,1-2H3,(H2,20,23);1H. The number of pyridine rings is 1. The third-order valence-electron chi connectivity index (χ3n) is 4.62. The van der Waals surface area contributed by atoms with E-state index in [2.05, 4.69) is 43.1 Å². The number of rotatable bonds is 2. The van der Waals surface area contributed by atoms with Gasteiger partial charge in [-0.1, -0.05) is 18.2 Å². The SMILES string of the molecule is Cc1c2cc[n+](CC(N)=O)cc2c(C)c2c1[nH]c1ccccc12.[I-]. The number of nitrogens with one attached hydrogen (secondary N) is 1. The van der Waals surface area contributed by atoms with E-state index in [0.717, 1.165) is 10.9 Å². The first kappa shape index (κ1) is 16.7. The minimum atomic E-state index is -0.336. The number of para-hydroxylation sites is 1. The highest BCUT2D eigenvalue weighted by Gasteiger charge is 2.16. The molecule has 0 aliphatic carbocycles. The molecule has 0 spiro atoms. The fourth-order valence-corrected chi connectivity index (χ4v) is 3.52. The van der Waals surface area contributed by atoms with Crippen LogP contribution in [0.15, 0.2) is 42.7 Å². The molecule has 0 aliphatic heterocycles. The molecule has 24 heavy (non-hydrogen) atoms. The van der Waals surface area contributed by atoms with Crippen molar-refractivity contribution in [1.29, 1.82) is 0 Å². The zero-order chi connectivity index (χ0) is 16.1. The van der Waals surface area contributed by atoms with Gasteiger partial charge in [-0.05, 0) is 36.4 Å². The van der Waals surface area contributed by atoms with Crippen LogP contribution in [-0.4, -0.2) is 10.9 Å². The molecule has 4 aromatic rings. The van der Waals surface area contributed by atoms with E-state index in [0.29, 0.717) is 0 Å². The molecule has 5 heteroatoms. The number of H-pyrrole nitrogens is 1. The first-order chi connectivity index (χ1) is 11.1. The molecule has 0 bridgehead atoms. The summed E-state index contributed by atoms with van der Waals surface area (Å²) in [5.41, 5.74) is 10.1. The number of halogens is 1. The molecular formula is C19H18IN3O. The highest BCUT2D eigenvalue weighted by molar-refractivity contribution is 6.16. The Kier molecular flexibility index (Phi) is 4.21. The lowest BCUT2D eigenvalue weighted by atomic mass is 9.97. The summed E-state index contributed by atoms with van der Waals surface area (Å²) in [5, 5.41) is 4.84. The number of amides is 1. The molecule has 0 atom stereocenters. The largest absolute Gasteiger partial charge is 1.00 e. The number of hydrogen-bond acceptors (Lipinski definition) is 1. The molecule has 2 heterocycles. The topological polar surface area (TPSA) is 62.8 Å². The summed E-state index contributed by atoms with van der Waals surface area (Å²) in [7, 11) is 0. The minimum Gasteiger partial charge on any atom is -1.00 e. The van der Waals surface area contributed by atoms with Gasteiger partial charge in [-0.25, -0.2) is 0 Å². The van der Waals surface area contributed by atoms with Gasteiger partial charge in [-0.15, -0.1) is 0 Å². The summed E-state index contributed by atoms with van der Waals surface area (Å²) in [6.07, 6.45) is 3.93. The zero-order valence-corrected chi connectivity index (χ0v) is 15.7. The van der Waals surface area contributed by atoms with Gasteiger partial charge in [0.1, 0.15) is 0 Å². The van der Waals surface area contributed by atoms with Crippen molar-refractivity contribution in [1.82, 2.24) is 4.98 Å². The van der Waals surface area contributed by atoms with Crippen LogP contribution in [0, 0.1) is 13.8 Å². The fraction of sp³-hybridized carbons (Fsp3) is 0.158. The van der Waals surface area contributed by atoms with Gasteiger partial charge in [0, 0.05) is 27.7 Å². The summed E-state index contributed by atoms with van der Waals surface area (Å²) < 4.78 is 1.85. The highest BCUT2D eigenvalue weighted by Crippen LogP contribution is 2.35. The first-order valence-corrected chi connectivity index (χ1v) is 7.67. The lowest BCUT2D eigenvalue weighted by Gasteiger charge is -2.08. The molecule has 3 N–H and O–H groups in total. The molecule has 0 unspecified atom stereocenters. The second-order valence-corrected chi connectivity index (χ2v) is 6.08. The van der Waals surface area contributed by atoms with Crippen molar-refractivity contribution >= 4 is 38.5 Å². The van der Waals surface area contributed by atoms with E-state index in [1.165, 1.54) is 32.8 Å². The average molecular weight is 431 g/mol. The number of primary amides is 1. The maximum atomic E-state index is 11.2. The monoisotopic (exact) mass is 431 g/mol. The molecule has 4 rings (SSSR count). The van der Waals surface area contributed by atoms with E-state index in [9.17, 15) is 4.79 Å². The van der Waals surface area contributed by atoms with Crippen LogP contribution in [0.3, 0.4) is 0 Å². The maximum Gasteiger partial charge on any atom is 0.283 e. The van der Waals surface area contributed by atoms with E-state index in [1.54, 1.807) is 0 Å². The first-order valence-electron chi connectivity index (χ1n) is 7.67. The summed E-state index contributed by atoms with van der Waals surface area (Å²) in [5.74, 6) is -0.336. The van der Waals surface area contributed by atoms with Crippen molar-refractivity contribution in [2.24, 2.45) is 5.73 Å². The third-order valence-corrected chi connectivity index (χ3v) is 4.62. The molecular weight excluding hydrogens is 413 g/mol. The number of nitrogens with zero attached hydrogens (tertiary/aromatic N) is 1. The molecule has 4 nitrogen and oxygen atoms in total. The van der Waals surface area contributed by atoms with Crippen LogP contribution in [0.5, 0.6) is 0 Å². The Bertz CT molecular complexity index is 1100. The van der Waals surface area contributed by atoms with Crippen LogP contribution < -0.4 is 34.3 Å². The predicted molar refractivity (Wildman–Crippen MR) is 92.2 cm³/mol. The molecule has 122 valence electrons. The van der Waals surface area contributed by atoms with E-state index in [4.69, 9.17) is 5.73 Å². The Morgan fingerprint density at radius 1 is 1.08 bits per heavy atom. The van der Waals surface area contributed by atoms with Crippen LogP contribution in [0.2, 0.25) is 0 Å². The van der Waals surface area contributed by atoms with E-state index in [1.807, 2.05) is 23.0 Å². The van der Waals surface area contributed by atoms with Crippen molar-refractivity contribution in [3.05, 3.63) is 53.9 Å². The molecule has 2 aromatic carbocycles. The lowest BCUT2D eigenvalue weighted by Crippen LogP contribution is -3.00. The highest BCUT2D eigenvalue weighted by atomic mass is 127. The summed E-state index contributed by atoms with van der Waals surface area (Å²) in [4.78, 5) is 14.7. The number of aromatic amines is 1. The predicted octanol–water partition coefficient (Wildman–Crippen LogP) is -0.132. The quantitative estimate of drug-likeness (QED) is 0.337. The van der Waals surface area contributed by atoms with Gasteiger partial charge in [-0.3, -0.25) is 4.79 Å². The second kappa shape index (κ2) is 6.05. The van der Waals surface area contributed by atoms with Crippen molar-refractivity contribution in [2.75, 3.05) is 0 Å². The van der Waals surface area contributed by atoms with Gasteiger partial charge in [0.2, 0.25) is 6.54 Å². The number of aromatic nitrogens is 2. The van der Waals surface area contributed by atoms with Gasteiger partial charge in [0.05, 0.1) is 5.52 Å². The van der Waals surface area contributed by atoms with Crippen LogP contribution in [0.4, 0.5) is 0 Å². The Hall–Kier alpha value is -2.15. The molecule has 1 amide bonds. The maximum absolute atomic E-state index is 11.2. The van der Waals surface area contributed by atoms with Crippen LogP contribution in [-0.2, 0) is 11.3 Å². The van der Waals surface area contributed by atoms with Gasteiger partial charge in [0.15, 0.2) is 12.4 Å². The Labute approximate surface area is 156 Å². The summed E-state index contributed by atoms with van der Waals surface area (Å²) >= 11 is 0. The molecule has 0 saturated carbocycles. The molecule has 0 radical (unpaired) electrons. The summed E-state index contributed by atoms with van der Waals surface area (Å²) in [6.45, 7) is 4.47.